The molecule has 11 heteroatoms. The van der Waals surface area contributed by atoms with Gasteiger partial charge in [0.05, 0.1) is 25.5 Å². The zero-order valence-electron chi connectivity index (χ0n) is 20.8. The van der Waals surface area contributed by atoms with Crippen LogP contribution in [0, 0.1) is 11.6 Å². The average Bonchev–Trinajstić information content (AvgIpc) is 3.30. The van der Waals surface area contributed by atoms with Crippen molar-refractivity contribution in [3.8, 4) is 22.8 Å². The van der Waals surface area contributed by atoms with E-state index in [1.54, 1.807) is 0 Å². The molecule has 2 aliphatic rings. The number of likely N-dealkylation sites (N-methyl/N-ethyl adjacent to an activating group) is 1. The number of nitrogen functional groups attached to an aromatic ring is 1. The fourth-order valence-electron chi connectivity index (χ4n) is 4.33. The fraction of sp³-hybridized carbons (Fsp3) is 0.480. The highest BCUT2D eigenvalue weighted by atomic mass is 19.1. The number of nitrogens with two attached hydrogens (primary N) is 1. The lowest BCUT2D eigenvalue weighted by atomic mass is 10.1. The number of likely N-dealkylation sites (tertiary alicyclic amines) is 1. The first-order valence-electron chi connectivity index (χ1n) is 12.0. The Morgan fingerprint density at radius 2 is 1.75 bits per heavy atom. The van der Waals surface area contributed by atoms with E-state index in [4.69, 9.17) is 19.9 Å². The monoisotopic (exact) mass is 502 g/mol. The maximum atomic E-state index is 15.0. The van der Waals surface area contributed by atoms with E-state index in [1.165, 1.54) is 45.7 Å². The molecule has 0 radical (unpaired) electrons. The minimum absolute atomic E-state index is 0.0666. The van der Waals surface area contributed by atoms with Gasteiger partial charge in [-0.25, -0.2) is 23.7 Å². The van der Waals surface area contributed by atoms with Crippen molar-refractivity contribution in [2.45, 2.75) is 31.7 Å². The molecule has 0 saturated carbocycles. The summed E-state index contributed by atoms with van der Waals surface area (Å²) in [7, 11) is 4.62. The maximum absolute atomic E-state index is 15.0. The zero-order chi connectivity index (χ0) is 25.7. The van der Waals surface area contributed by atoms with Crippen LogP contribution in [-0.2, 0) is 4.74 Å². The number of methoxy groups -OCH3 is 2. The predicted molar refractivity (Wildman–Crippen MR) is 134 cm³/mol. The zero-order valence-corrected chi connectivity index (χ0v) is 20.8. The van der Waals surface area contributed by atoms with Crippen LogP contribution in [0.25, 0.3) is 22.2 Å². The van der Waals surface area contributed by atoms with Gasteiger partial charge in [0.15, 0.2) is 29.0 Å². The normalized spacial score (nSPS) is 18.0. The molecule has 1 aromatic carbocycles. The van der Waals surface area contributed by atoms with Crippen molar-refractivity contribution in [2.24, 2.45) is 0 Å². The van der Waals surface area contributed by atoms with E-state index in [2.05, 4.69) is 25.2 Å². The van der Waals surface area contributed by atoms with Crippen molar-refractivity contribution >= 4 is 22.7 Å². The average molecular weight is 503 g/mol. The number of rotatable bonds is 5. The number of fused-ring (bicyclic) bond motifs is 1. The SMILES string of the molecule is C1CCOCC1.COc1cc(OC)c(F)c(-c2cc3cnc(N)nc3c(NC3CCN(C)C3)n2)c1F. The van der Waals surface area contributed by atoms with Gasteiger partial charge in [-0.3, -0.25) is 0 Å². The molecule has 3 aromatic rings. The first kappa shape index (κ1) is 25.8. The Hall–Kier alpha value is -3.31. The minimum Gasteiger partial charge on any atom is -0.494 e. The Kier molecular flexibility index (Phi) is 8.32. The summed E-state index contributed by atoms with van der Waals surface area (Å²) >= 11 is 0. The minimum atomic E-state index is -0.870. The number of aromatic nitrogens is 3. The molecular weight excluding hydrogens is 470 g/mol. The second-order valence-corrected chi connectivity index (χ2v) is 8.87. The molecule has 2 fully saturated rings. The number of benzene rings is 1. The summed E-state index contributed by atoms with van der Waals surface area (Å²) in [6.07, 6.45) is 6.34. The third kappa shape index (κ3) is 5.73. The second-order valence-electron chi connectivity index (χ2n) is 8.87. The summed E-state index contributed by atoms with van der Waals surface area (Å²) in [4.78, 5) is 15.0. The first-order valence-corrected chi connectivity index (χ1v) is 12.0. The maximum Gasteiger partial charge on any atom is 0.220 e. The van der Waals surface area contributed by atoms with Gasteiger partial charge in [-0.15, -0.1) is 0 Å². The highest BCUT2D eigenvalue weighted by molar-refractivity contribution is 5.92. The molecule has 0 spiro atoms. The molecule has 0 bridgehead atoms. The number of anilines is 2. The van der Waals surface area contributed by atoms with Crippen LogP contribution in [0.15, 0.2) is 18.3 Å². The Morgan fingerprint density at radius 1 is 1.06 bits per heavy atom. The summed E-state index contributed by atoms with van der Waals surface area (Å²) in [6.45, 7) is 3.74. The smallest absolute Gasteiger partial charge is 0.220 e. The van der Waals surface area contributed by atoms with Crippen LogP contribution in [0.4, 0.5) is 20.5 Å². The second kappa shape index (κ2) is 11.6. The molecule has 0 aliphatic carbocycles. The number of hydrogen-bond acceptors (Lipinski definition) is 9. The quantitative estimate of drug-likeness (QED) is 0.537. The van der Waals surface area contributed by atoms with E-state index in [1.807, 2.05) is 7.05 Å². The van der Waals surface area contributed by atoms with Crippen molar-refractivity contribution < 1.29 is 23.0 Å². The molecule has 1 unspecified atom stereocenters. The molecule has 0 amide bonds. The lowest BCUT2D eigenvalue weighted by Crippen LogP contribution is -2.24. The fourth-order valence-corrected chi connectivity index (χ4v) is 4.33. The third-order valence-corrected chi connectivity index (χ3v) is 6.22. The summed E-state index contributed by atoms with van der Waals surface area (Å²) in [5, 5.41) is 3.89. The van der Waals surface area contributed by atoms with Gasteiger partial charge < -0.3 is 30.2 Å². The van der Waals surface area contributed by atoms with Gasteiger partial charge in [0, 0.05) is 43.4 Å². The van der Waals surface area contributed by atoms with Crippen LogP contribution >= 0.6 is 0 Å². The topological polar surface area (TPSA) is 108 Å². The largest absolute Gasteiger partial charge is 0.494 e. The van der Waals surface area contributed by atoms with Crippen molar-refractivity contribution in [3.63, 3.8) is 0 Å². The van der Waals surface area contributed by atoms with Crippen molar-refractivity contribution in [3.05, 3.63) is 30.0 Å². The van der Waals surface area contributed by atoms with Gasteiger partial charge in [0.1, 0.15) is 5.52 Å². The summed E-state index contributed by atoms with van der Waals surface area (Å²) < 4.78 is 45.3. The first-order chi connectivity index (χ1) is 17.4. The van der Waals surface area contributed by atoms with Gasteiger partial charge in [0.25, 0.3) is 0 Å². The van der Waals surface area contributed by atoms with Crippen LogP contribution in [0.3, 0.4) is 0 Å². The molecule has 194 valence electrons. The van der Waals surface area contributed by atoms with E-state index >= 15 is 8.78 Å². The van der Waals surface area contributed by atoms with E-state index in [0.717, 1.165) is 38.8 Å². The van der Waals surface area contributed by atoms with Gasteiger partial charge in [-0.1, -0.05) is 0 Å². The molecule has 2 aliphatic heterocycles. The van der Waals surface area contributed by atoms with Crippen LogP contribution in [0.5, 0.6) is 11.5 Å². The molecule has 3 N–H and O–H groups in total. The Morgan fingerprint density at radius 3 is 2.28 bits per heavy atom. The van der Waals surface area contributed by atoms with Crippen LogP contribution in [0.2, 0.25) is 0 Å². The Balaban J connectivity index is 0.000000445. The molecular formula is C25H32F2N6O3. The molecule has 4 heterocycles. The number of halogens is 2. The lowest BCUT2D eigenvalue weighted by Gasteiger charge is -2.17. The van der Waals surface area contributed by atoms with E-state index in [9.17, 15) is 0 Å². The highest BCUT2D eigenvalue weighted by Crippen LogP contribution is 2.38. The Labute approximate surface area is 209 Å². The van der Waals surface area contributed by atoms with Crippen molar-refractivity contribution in [1.29, 1.82) is 0 Å². The van der Waals surface area contributed by atoms with E-state index < -0.39 is 11.6 Å². The number of pyridine rings is 1. The van der Waals surface area contributed by atoms with Crippen molar-refractivity contribution in [1.82, 2.24) is 19.9 Å². The highest BCUT2D eigenvalue weighted by Gasteiger charge is 2.25. The number of ether oxygens (including phenoxy) is 3. The molecule has 5 rings (SSSR count). The molecule has 1 atom stereocenters. The van der Waals surface area contributed by atoms with E-state index in [0.29, 0.717) is 16.7 Å². The third-order valence-electron chi connectivity index (χ3n) is 6.22. The van der Waals surface area contributed by atoms with Crippen molar-refractivity contribution in [2.75, 3.05) is 58.6 Å². The van der Waals surface area contributed by atoms with Gasteiger partial charge >= 0.3 is 0 Å². The van der Waals surface area contributed by atoms with Crippen LogP contribution < -0.4 is 20.5 Å². The summed E-state index contributed by atoms with van der Waals surface area (Å²) in [5.41, 5.74) is 5.96. The molecule has 2 saturated heterocycles. The Bertz CT molecular complexity index is 1170. The number of hydrogen-bond donors (Lipinski definition) is 2. The summed E-state index contributed by atoms with van der Waals surface area (Å²) in [6, 6.07) is 2.79. The standard InChI is InChI=1S/C20H22F2N6O2.C5H10O/c1-28-5-4-11(9-28)25-19-18-10(8-24-20(23)27-18)6-12(26-19)15-16(21)13(29-2)7-14(30-3)17(15)22;1-2-4-6-5-3-1/h6-8,11H,4-5,9H2,1-3H3,(H,25,26)(H2,23,24,27);1-5H2. The van der Waals surface area contributed by atoms with Gasteiger partial charge in [-0.05, 0) is 45.3 Å². The van der Waals surface area contributed by atoms with Gasteiger partial charge in [-0.2, -0.15) is 0 Å². The lowest BCUT2D eigenvalue weighted by molar-refractivity contribution is 0.0968. The predicted octanol–water partition coefficient (Wildman–Crippen LogP) is 3.87. The number of nitrogens with one attached hydrogen (secondary N) is 1. The molecule has 2 aromatic heterocycles. The van der Waals surface area contributed by atoms with E-state index in [-0.39, 0.29) is 34.7 Å². The molecule has 9 nitrogen and oxygen atoms in total. The van der Waals surface area contributed by atoms with Crippen LogP contribution in [-0.4, -0.2) is 73.5 Å². The number of nitrogens with zero attached hydrogens (tertiary/aromatic N) is 4. The van der Waals surface area contributed by atoms with Gasteiger partial charge in [0.2, 0.25) is 5.95 Å². The molecule has 36 heavy (non-hydrogen) atoms. The summed E-state index contributed by atoms with van der Waals surface area (Å²) in [5.74, 6) is -1.56. The van der Waals surface area contributed by atoms with Crippen LogP contribution in [0.1, 0.15) is 25.7 Å².